The molecule has 7 heteroatoms. The van der Waals surface area contributed by atoms with Gasteiger partial charge in [0.05, 0.1) is 22.5 Å². The quantitative estimate of drug-likeness (QED) is 0.628. The minimum Gasteiger partial charge on any atom is -0.325 e. The molecular weight excluding hydrogens is 222 g/mol. The van der Waals surface area contributed by atoms with Crippen molar-refractivity contribution in [2.24, 2.45) is 5.73 Å². The Bertz CT molecular complexity index is 564. The van der Waals surface area contributed by atoms with E-state index in [9.17, 15) is 10.1 Å². The molecule has 2 rings (SSSR count). The third-order valence-electron chi connectivity index (χ3n) is 2.40. The topological polar surface area (TPSA) is 99.9 Å². The zero-order chi connectivity index (χ0) is 12.4. The van der Waals surface area contributed by atoms with Gasteiger partial charge in [-0.05, 0) is 12.5 Å². The molecule has 0 amide bonds. The van der Waals surface area contributed by atoms with Gasteiger partial charge in [0.15, 0.2) is 0 Å². The van der Waals surface area contributed by atoms with Crippen LogP contribution in [0.1, 0.15) is 11.3 Å². The Morgan fingerprint density at radius 3 is 2.88 bits per heavy atom. The number of hydrogen-bond donors (Lipinski definition) is 1. The fraction of sp³-hybridized carbons (Fsp3) is 0.200. The molecule has 1 aromatic heterocycles. The van der Waals surface area contributed by atoms with Crippen molar-refractivity contribution in [2.75, 3.05) is 0 Å². The van der Waals surface area contributed by atoms with Crippen molar-refractivity contribution in [3.8, 4) is 5.69 Å². The van der Waals surface area contributed by atoms with Gasteiger partial charge in [0, 0.05) is 18.7 Å². The van der Waals surface area contributed by atoms with E-state index < -0.39 is 4.92 Å². The van der Waals surface area contributed by atoms with Crippen LogP contribution in [-0.4, -0.2) is 19.9 Å². The van der Waals surface area contributed by atoms with Crippen LogP contribution in [0.25, 0.3) is 5.69 Å². The third kappa shape index (κ3) is 2.13. The fourth-order valence-electron chi connectivity index (χ4n) is 1.47. The standard InChI is InChI=1S/C10H11N5O2/c1-7-2-3-9(15(16)17)4-10(7)14-6-8(5-11)12-13-14/h2-4,6H,5,11H2,1H3. The van der Waals surface area contributed by atoms with Crippen LogP contribution < -0.4 is 5.73 Å². The number of aromatic nitrogens is 3. The number of aryl methyl sites for hydroxylation is 1. The summed E-state index contributed by atoms with van der Waals surface area (Å²) in [6.45, 7) is 2.14. The highest BCUT2D eigenvalue weighted by molar-refractivity contribution is 5.48. The molecule has 88 valence electrons. The molecule has 0 bridgehead atoms. The number of benzene rings is 1. The van der Waals surface area contributed by atoms with Gasteiger partial charge < -0.3 is 5.73 Å². The summed E-state index contributed by atoms with van der Waals surface area (Å²) < 4.78 is 1.49. The van der Waals surface area contributed by atoms with Crippen molar-refractivity contribution in [2.45, 2.75) is 13.5 Å². The van der Waals surface area contributed by atoms with Crippen LogP contribution in [0.15, 0.2) is 24.4 Å². The van der Waals surface area contributed by atoms with Gasteiger partial charge in [-0.25, -0.2) is 4.68 Å². The van der Waals surface area contributed by atoms with Crippen LogP contribution in [0.2, 0.25) is 0 Å². The van der Waals surface area contributed by atoms with Crippen molar-refractivity contribution >= 4 is 5.69 Å². The second-order valence-electron chi connectivity index (χ2n) is 3.59. The average Bonchev–Trinajstić information content (AvgIpc) is 2.77. The molecule has 0 saturated heterocycles. The summed E-state index contributed by atoms with van der Waals surface area (Å²) in [6, 6.07) is 4.60. The van der Waals surface area contributed by atoms with Crippen LogP contribution in [0.3, 0.4) is 0 Å². The summed E-state index contributed by atoms with van der Waals surface area (Å²) in [6.07, 6.45) is 1.66. The van der Waals surface area contributed by atoms with Crippen molar-refractivity contribution in [3.63, 3.8) is 0 Å². The number of nitro groups is 1. The van der Waals surface area contributed by atoms with Crippen molar-refractivity contribution in [1.29, 1.82) is 0 Å². The second kappa shape index (κ2) is 4.30. The monoisotopic (exact) mass is 233 g/mol. The molecule has 0 unspecified atom stereocenters. The predicted molar refractivity (Wildman–Crippen MR) is 60.6 cm³/mol. The summed E-state index contributed by atoms with van der Waals surface area (Å²) in [5, 5.41) is 18.4. The van der Waals surface area contributed by atoms with E-state index >= 15 is 0 Å². The summed E-state index contributed by atoms with van der Waals surface area (Å²) in [5.41, 5.74) is 7.60. The molecule has 0 radical (unpaired) electrons. The summed E-state index contributed by atoms with van der Waals surface area (Å²) in [7, 11) is 0. The molecule has 0 aliphatic carbocycles. The average molecular weight is 233 g/mol. The predicted octanol–water partition coefficient (Wildman–Crippen LogP) is 0.943. The molecule has 0 saturated carbocycles. The van der Waals surface area contributed by atoms with Crippen LogP contribution in [0, 0.1) is 17.0 Å². The van der Waals surface area contributed by atoms with E-state index in [1.165, 1.54) is 16.8 Å². The lowest BCUT2D eigenvalue weighted by Crippen LogP contribution is -1.99. The molecule has 0 fully saturated rings. The smallest absolute Gasteiger partial charge is 0.271 e. The van der Waals surface area contributed by atoms with E-state index in [1.807, 2.05) is 6.92 Å². The zero-order valence-corrected chi connectivity index (χ0v) is 9.20. The highest BCUT2D eigenvalue weighted by Crippen LogP contribution is 2.20. The van der Waals surface area contributed by atoms with Crippen molar-refractivity contribution < 1.29 is 4.92 Å². The molecule has 7 nitrogen and oxygen atoms in total. The minimum absolute atomic E-state index is 0.0235. The van der Waals surface area contributed by atoms with Gasteiger partial charge >= 0.3 is 0 Å². The van der Waals surface area contributed by atoms with Crippen LogP contribution in [0.4, 0.5) is 5.69 Å². The Hall–Kier alpha value is -2.28. The van der Waals surface area contributed by atoms with Crippen molar-refractivity contribution in [1.82, 2.24) is 15.0 Å². The first-order chi connectivity index (χ1) is 8.11. The Kier molecular flexibility index (Phi) is 2.84. The highest BCUT2D eigenvalue weighted by atomic mass is 16.6. The van der Waals surface area contributed by atoms with E-state index in [0.29, 0.717) is 11.4 Å². The number of nitro benzene ring substituents is 1. The maximum atomic E-state index is 10.7. The number of nitrogens with two attached hydrogens (primary N) is 1. The van der Waals surface area contributed by atoms with Crippen LogP contribution in [-0.2, 0) is 6.54 Å². The third-order valence-corrected chi connectivity index (χ3v) is 2.40. The molecule has 2 N–H and O–H groups in total. The zero-order valence-electron chi connectivity index (χ0n) is 9.20. The van der Waals surface area contributed by atoms with E-state index in [0.717, 1.165) is 5.56 Å². The molecule has 0 aliphatic heterocycles. The van der Waals surface area contributed by atoms with Gasteiger partial charge in [-0.1, -0.05) is 11.3 Å². The van der Waals surface area contributed by atoms with Crippen LogP contribution in [0.5, 0.6) is 0 Å². The molecule has 0 atom stereocenters. The Labute approximate surface area is 97.0 Å². The molecule has 0 aliphatic rings. The number of nitrogens with zero attached hydrogens (tertiary/aromatic N) is 4. The summed E-state index contributed by atoms with van der Waals surface area (Å²) in [4.78, 5) is 10.3. The van der Waals surface area contributed by atoms with E-state index in [4.69, 9.17) is 5.73 Å². The summed E-state index contributed by atoms with van der Waals surface area (Å²) >= 11 is 0. The normalized spacial score (nSPS) is 10.5. The molecule has 1 aromatic carbocycles. The van der Waals surface area contributed by atoms with E-state index in [-0.39, 0.29) is 12.2 Å². The largest absolute Gasteiger partial charge is 0.325 e. The van der Waals surface area contributed by atoms with Gasteiger partial charge in [-0.2, -0.15) is 0 Å². The number of rotatable bonds is 3. The lowest BCUT2D eigenvalue weighted by molar-refractivity contribution is -0.384. The molecule has 2 aromatic rings. The van der Waals surface area contributed by atoms with Crippen LogP contribution >= 0.6 is 0 Å². The van der Waals surface area contributed by atoms with Gasteiger partial charge in [0.2, 0.25) is 0 Å². The fourth-order valence-corrected chi connectivity index (χ4v) is 1.47. The Morgan fingerprint density at radius 2 is 2.29 bits per heavy atom. The second-order valence-corrected chi connectivity index (χ2v) is 3.59. The number of non-ortho nitro benzene ring substituents is 1. The first-order valence-electron chi connectivity index (χ1n) is 4.98. The first-order valence-corrected chi connectivity index (χ1v) is 4.98. The first kappa shape index (κ1) is 11.2. The molecule has 17 heavy (non-hydrogen) atoms. The Morgan fingerprint density at radius 1 is 1.53 bits per heavy atom. The lowest BCUT2D eigenvalue weighted by Gasteiger charge is -2.03. The Balaban J connectivity index is 2.49. The van der Waals surface area contributed by atoms with Gasteiger partial charge in [-0.15, -0.1) is 5.10 Å². The highest BCUT2D eigenvalue weighted by Gasteiger charge is 2.11. The van der Waals surface area contributed by atoms with Gasteiger partial charge in [0.25, 0.3) is 5.69 Å². The lowest BCUT2D eigenvalue weighted by atomic mass is 10.2. The van der Waals surface area contributed by atoms with Crippen molar-refractivity contribution in [3.05, 3.63) is 45.8 Å². The SMILES string of the molecule is Cc1ccc([N+](=O)[O-])cc1-n1cc(CN)nn1. The maximum Gasteiger partial charge on any atom is 0.271 e. The molecule has 1 heterocycles. The molecular formula is C10H11N5O2. The molecule has 0 spiro atoms. The van der Waals surface area contributed by atoms with Gasteiger partial charge in [0.1, 0.15) is 0 Å². The van der Waals surface area contributed by atoms with Gasteiger partial charge in [-0.3, -0.25) is 10.1 Å². The van der Waals surface area contributed by atoms with E-state index in [2.05, 4.69) is 10.3 Å². The maximum absolute atomic E-state index is 10.7. The minimum atomic E-state index is -0.441. The van der Waals surface area contributed by atoms with E-state index in [1.54, 1.807) is 12.3 Å². The summed E-state index contributed by atoms with van der Waals surface area (Å²) in [5.74, 6) is 0. The number of hydrogen-bond acceptors (Lipinski definition) is 5.